The molecule has 0 heterocycles. The van der Waals surface area contributed by atoms with Crippen LogP contribution in [0.1, 0.15) is 25.8 Å². The van der Waals surface area contributed by atoms with Gasteiger partial charge in [0.05, 0.1) is 0 Å². The minimum absolute atomic E-state index is 0.314. The van der Waals surface area contributed by atoms with Crippen molar-refractivity contribution in [2.45, 2.75) is 32.7 Å². The predicted octanol–water partition coefficient (Wildman–Crippen LogP) is 3.21. The third-order valence-corrected chi connectivity index (χ3v) is 2.99. The molecule has 2 N–H and O–H groups in total. The van der Waals surface area contributed by atoms with E-state index in [2.05, 4.69) is 60.7 Å². The average Bonchev–Trinajstić information content (AvgIpc) is 2.07. The zero-order valence-corrected chi connectivity index (χ0v) is 11.0. The van der Waals surface area contributed by atoms with E-state index in [1.54, 1.807) is 0 Å². The van der Waals surface area contributed by atoms with Crippen molar-refractivity contribution in [2.24, 2.45) is 11.7 Å². The molecule has 2 unspecified atom stereocenters. The Hall–Kier alpha value is -0.0900. The van der Waals surface area contributed by atoms with E-state index in [1.165, 1.54) is 9.13 Å². The maximum atomic E-state index is 5.77. The van der Waals surface area contributed by atoms with Crippen LogP contribution >= 0.6 is 22.6 Å². The fraction of sp³-hybridized carbons (Fsp3) is 0.500. The molecule has 14 heavy (non-hydrogen) atoms. The molecule has 0 spiro atoms. The van der Waals surface area contributed by atoms with Crippen molar-refractivity contribution in [2.75, 3.05) is 0 Å². The molecular weight excluding hydrogens is 285 g/mol. The van der Waals surface area contributed by atoms with Crippen LogP contribution in [0.5, 0.6) is 0 Å². The molecule has 1 rings (SSSR count). The molecule has 0 aliphatic rings. The highest BCUT2D eigenvalue weighted by Crippen LogP contribution is 2.14. The molecule has 0 aliphatic carbocycles. The third kappa shape index (κ3) is 4.42. The number of benzene rings is 1. The second-order valence-corrected chi connectivity index (χ2v) is 5.39. The van der Waals surface area contributed by atoms with Gasteiger partial charge in [0.15, 0.2) is 0 Å². The molecular formula is C12H18IN. The summed E-state index contributed by atoms with van der Waals surface area (Å²) in [5, 5.41) is 0. The van der Waals surface area contributed by atoms with Crippen molar-refractivity contribution >= 4 is 22.6 Å². The molecule has 0 fully saturated rings. The van der Waals surface area contributed by atoms with E-state index < -0.39 is 0 Å². The largest absolute Gasteiger partial charge is 0.328 e. The molecule has 0 aliphatic heterocycles. The predicted molar refractivity (Wildman–Crippen MR) is 70.3 cm³/mol. The van der Waals surface area contributed by atoms with Crippen molar-refractivity contribution < 1.29 is 0 Å². The molecule has 2 heteroatoms. The third-order valence-electron chi connectivity index (χ3n) is 2.27. The van der Waals surface area contributed by atoms with E-state index in [1.807, 2.05) is 0 Å². The number of rotatable bonds is 4. The minimum Gasteiger partial charge on any atom is -0.328 e. The molecule has 78 valence electrons. The van der Waals surface area contributed by atoms with Gasteiger partial charge in [0.2, 0.25) is 0 Å². The maximum absolute atomic E-state index is 5.77. The Kier molecular flexibility index (Phi) is 4.89. The normalized spacial score (nSPS) is 15.1. The van der Waals surface area contributed by atoms with E-state index in [4.69, 9.17) is 5.73 Å². The summed E-state index contributed by atoms with van der Waals surface area (Å²) in [6, 6.07) is 9.05. The van der Waals surface area contributed by atoms with E-state index >= 15 is 0 Å². The Labute approximate surface area is 100 Å². The summed E-state index contributed by atoms with van der Waals surface area (Å²) < 4.78 is 1.30. The lowest BCUT2D eigenvalue weighted by atomic mass is 9.95. The molecule has 2 atom stereocenters. The van der Waals surface area contributed by atoms with Crippen LogP contribution in [-0.2, 0) is 6.42 Å². The summed E-state index contributed by atoms with van der Waals surface area (Å²) >= 11 is 2.33. The van der Waals surface area contributed by atoms with Crippen LogP contribution in [0, 0.1) is 9.49 Å². The summed E-state index contributed by atoms with van der Waals surface area (Å²) in [5.74, 6) is 0.676. The van der Waals surface area contributed by atoms with Crippen molar-refractivity contribution in [3.05, 3.63) is 33.4 Å². The van der Waals surface area contributed by atoms with Crippen LogP contribution in [0.25, 0.3) is 0 Å². The Morgan fingerprint density at radius 3 is 2.29 bits per heavy atom. The first kappa shape index (κ1) is 12.0. The van der Waals surface area contributed by atoms with Crippen molar-refractivity contribution in [1.29, 1.82) is 0 Å². The van der Waals surface area contributed by atoms with Crippen molar-refractivity contribution in [3.8, 4) is 0 Å². The standard InChI is InChI=1S/C12H18IN/c1-9(7-10(2)14)8-11-3-5-12(13)6-4-11/h3-6,9-10H,7-8,14H2,1-2H3. The van der Waals surface area contributed by atoms with Gasteiger partial charge in [0.25, 0.3) is 0 Å². The molecule has 0 radical (unpaired) electrons. The zero-order valence-electron chi connectivity index (χ0n) is 8.83. The first-order valence-electron chi connectivity index (χ1n) is 5.08. The average molecular weight is 303 g/mol. The lowest BCUT2D eigenvalue weighted by Gasteiger charge is -2.13. The summed E-state index contributed by atoms with van der Waals surface area (Å²) in [5.41, 5.74) is 7.19. The van der Waals surface area contributed by atoms with Gasteiger partial charge in [0, 0.05) is 9.61 Å². The molecule has 0 saturated heterocycles. The smallest absolute Gasteiger partial charge is 0.0130 e. The lowest BCUT2D eigenvalue weighted by Crippen LogP contribution is -2.19. The number of halogens is 1. The van der Waals surface area contributed by atoms with Gasteiger partial charge in [-0.15, -0.1) is 0 Å². The number of hydrogen-bond acceptors (Lipinski definition) is 1. The van der Waals surface area contributed by atoms with Gasteiger partial charge >= 0.3 is 0 Å². The van der Waals surface area contributed by atoms with Crippen LogP contribution in [0.4, 0.5) is 0 Å². The molecule has 1 aromatic rings. The zero-order chi connectivity index (χ0) is 10.6. The molecule has 0 saturated carbocycles. The first-order chi connectivity index (χ1) is 6.58. The maximum Gasteiger partial charge on any atom is 0.0130 e. The Morgan fingerprint density at radius 2 is 1.79 bits per heavy atom. The van der Waals surface area contributed by atoms with E-state index in [0.717, 1.165) is 12.8 Å². The van der Waals surface area contributed by atoms with Gasteiger partial charge in [0.1, 0.15) is 0 Å². The van der Waals surface area contributed by atoms with Crippen molar-refractivity contribution in [1.82, 2.24) is 0 Å². The van der Waals surface area contributed by atoms with Crippen LogP contribution in [0.3, 0.4) is 0 Å². The van der Waals surface area contributed by atoms with Gasteiger partial charge in [-0.2, -0.15) is 0 Å². The van der Waals surface area contributed by atoms with E-state index in [9.17, 15) is 0 Å². The topological polar surface area (TPSA) is 26.0 Å². The SMILES string of the molecule is CC(N)CC(C)Cc1ccc(I)cc1. The fourth-order valence-electron chi connectivity index (χ4n) is 1.74. The Morgan fingerprint density at radius 1 is 1.21 bits per heavy atom. The van der Waals surface area contributed by atoms with Gasteiger partial charge < -0.3 is 5.73 Å². The van der Waals surface area contributed by atoms with Crippen LogP contribution in [0.2, 0.25) is 0 Å². The molecule has 0 amide bonds. The molecule has 0 bridgehead atoms. The summed E-state index contributed by atoms with van der Waals surface area (Å²) in [4.78, 5) is 0. The highest BCUT2D eigenvalue weighted by molar-refractivity contribution is 14.1. The molecule has 1 nitrogen and oxygen atoms in total. The fourth-order valence-corrected chi connectivity index (χ4v) is 2.10. The summed E-state index contributed by atoms with van der Waals surface area (Å²) in [6.07, 6.45) is 2.24. The Bertz CT molecular complexity index is 266. The van der Waals surface area contributed by atoms with Crippen molar-refractivity contribution in [3.63, 3.8) is 0 Å². The monoisotopic (exact) mass is 303 g/mol. The highest BCUT2D eigenvalue weighted by Gasteiger charge is 2.06. The van der Waals surface area contributed by atoms with Gasteiger partial charge in [-0.1, -0.05) is 19.1 Å². The Balaban J connectivity index is 2.47. The van der Waals surface area contributed by atoms with Crippen LogP contribution < -0.4 is 5.73 Å². The summed E-state index contributed by atoms with van der Waals surface area (Å²) in [6.45, 7) is 4.34. The number of nitrogens with two attached hydrogens (primary N) is 1. The first-order valence-corrected chi connectivity index (χ1v) is 6.16. The second-order valence-electron chi connectivity index (χ2n) is 4.15. The quantitative estimate of drug-likeness (QED) is 0.849. The number of hydrogen-bond donors (Lipinski definition) is 1. The second kappa shape index (κ2) is 5.71. The highest BCUT2D eigenvalue weighted by atomic mass is 127. The van der Waals surface area contributed by atoms with Gasteiger partial charge in [-0.3, -0.25) is 0 Å². The van der Waals surface area contributed by atoms with Crippen LogP contribution in [-0.4, -0.2) is 6.04 Å². The molecule has 1 aromatic carbocycles. The van der Waals surface area contributed by atoms with Gasteiger partial charge in [-0.05, 0) is 66.0 Å². The van der Waals surface area contributed by atoms with E-state index in [-0.39, 0.29) is 0 Å². The molecule has 0 aromatic heterocycles. The lowest BCUT2D eigenvalue weighted by molar-refractivity contribution is 0.480. The minimum atomic E-state index is 0.314. The summed E-state index contributed by atoms with van der Waals surface area (Å²) in [7, 11) is 0. The van der Waals surface area contributed by atoms with E-state index in [0.29, 0.717) is 12.0 Å². The van der Waals surface area contributed by atoms with Crippen LogP contribution in [0.15, 0.2) is 24.3 Å². The van der Waals surface area contributed by atoms with Gasteiger partial charge in [-0.25, -0.2) is 0 Å².